The molecule has 6 heteroatoms. The number of fused-ring (bicyclic) bond motifs is 1. The molecule has 1 heterocycles. The van der Waals surface area contributed by atoms with E-state index >= 15 is 0 Å². The van der Waals surface area contributed by atoms with Crippen molar-refractivity contribution in [2.75, 3.05) is 0 Å². The van der Waals surface area contributed by atoms with Crippen LogP contribution in [-0.4, -0.2) is 13.4 Å². The summed E-state index contributed by atoms with van der Waals surface area (Å²) in [7, 11) is -4.09. The zero-order chi connectivity index (χ0) is 11.1. The van der Waals surface area contributed by atoms with Crippen LogP contribution in [0.3, 0.4) is 0 Å². The summed E-state index contributed by atoms with van der Waals surface area (Å²) in [5, 5.41) is -1.37. The minimum atomic E-state index is -4.09. The highest BCUT2D eigenvalue weighted by Gasteiger charge is 2.23. The molecule has 15 heavy (non-hydrogen) atoms. The number of rotatable bonds is 2. The van der Waals surface area contributed by atoms with E-state index in [2.05, 4.69) is 11.6 Å². The van der Waals surface area contributed by atoms with Gasteiger partial charge in [0, 0.05) is 0 Å². The second kappa shape index (κ2) is 3.39. The lowest BCUT2D eigenvalue weighted by atomic mass is 10.3. The number of para-hydroxylation sites is 1. The summed E-state index contributed by atoms with van der Waals surface area (Å²) in [5.41, 5.74) is 0.544. The molecule has 0 saturated heterocycles. The van der Waals surface area contributed by atoms with E-state index in [9.17, 15) is 12.8 Å². The first kappa shape index (κ1) is 10.3. The van der Waals surface area contributed by atoms with Gasteiger partial charge in [-0.1, -0.05) is 18.7 Å². The number of hydrogen-bond donors (Lipinski definition) is 0. The van der Waals surface area contributed by atoms with Crippen molar-refractivity contribution in [1.29, 1.82) is 0 Å². The number of sulfone groups is 1. The third-order valence-electron chi connectivity index (χ3n) is 1.80. The lowest BCUT2D eigenvalue weighted by Gasteiger charge is -1.92. The topological polar surface area (TPSA) is 47.0 Å². The molecule has 0 saturated carbocycles. The molecule has 0 fully saturated rings. The number of nitrogens with zero attached hydrogens (tertiary/aromatic N) is 1. The molecule has 0 aliphatic carbocycles. The van der Waals surface area contributed by atoms with Crippen molar-refractivity contribution in [3.05, 3.63) is 36.0 Å². The normalized spacial score (nSPS) is 11.8. The fourth-order valence-electron chi connectivity index (χ4n) is 1.06. The zero-order valence-electron chi connectivity index (χ0n) is 7.47. The van der Waals surface area contributed by atoms with Crippen LogP contribution < -0.4 is 0 Å². The van der Waals surface area contributed by atoms with Gasteiger partial charge in [-0.05, 0) is 12.1 Å². The summed E-state index contributed by atoms with van der Waals surface area (Å²) >= 11 is 0.933. The number of benzene rings is 1. The van der Waals surface area contributed by atoms with E-state index in [0.29, 0.717) is 10.2 Å². The molecule has 0 N–H and O–H groups in total. The average Bonchev–Trinajstić information content (AvgIpc) is 2.61. The largest absolute Gasteiger partial charge is 0.259 e. The van der Waals surface area contributed by atoms with Gasteiger partial charge >= 0.3 is 0 Å². The van der Waals surface area contributed by atoms with Gasteiger partial charge in [0.05, 0.1) is 10.2 Å². The van der Waals surface area contributed by atoms with Crippen molar-refractivity contribution in [3.63, 3.8) is 0 Å². The first-order valence-corrected chi connectivity index (χ1v) is 6.27. The minimum Gasteiger partial charge on any atom is -0.225 e. The SMILES string of the molecule is C=C(F)S(=O)(=O)c1nc2ccccc2s1. The highest BCUT2D eigenvalue weighted by atomic mass is 32.2. The Morgan fingerprint density at radius 2 is 2.07 bits per heavy atom. The molecule has 0 radical (unpaired) electrons. The Balaban J connectivity index is 2.69. The van der Waals surface area contributed by atoms with Crippen molar-refractivity contribution in [2.24, 2.45) is 0 Å². The van der Waals surface area contributed by atoms with Crippen LogP contribution in [0.1, 0.15) is 0 Å². The Bertz CT molecular complexity index is 597. The summed E-state index contributed by atoms with van der Waals surface area (Å²) in [6.07, 6.45) is 0. The van der Waals surface area contributed by atoms with E-state index in [1.54, 1.807) is 24.3 Å². The molecule has 0 spiro atoms. The van der Waals surface area contributed by atoms with E-state index in [1.165, 1.54) is 0 Å². The molecule has 78 valence electrons. The highest BCUT2D eigenvalue weighted by molar-refractivity contribution is 7.96. The molecule has 0 aliphatic heterocycles. The number of thiazole rings is 1. The molecule has 1 aromatic heterocycles. The predicted molar refractivity (Wildman–Crippen MR) is 57.1 cm³/mol. The van der Waals surface area contributed by atoms with Gasteiger partial charge in [0.1, 0.15) is 0 Å². The maximum Gasteiger partial charge on any atom is 0.259 e. The molecular weight excluding hydrogens is 237 g/mol. The van der Waals surface area contributed by atoms with Gasteiger partial charge in [0.15, 0.2) is 0 Å². The van der Waals surface area contributed by atoms with Crippen molar-refractivity contribution < 1.29 is 12.8 Å². The maximum atomic E-state index is 12.7. The van der Waals surface area contributed by atoms with Crippen LogP contribution in [0, 0.1) is 0 Å². The Morgan fingerprint density at radius 1 is 1.40 bits per heavy atom. The van der Waals surface area contributed by atoms with E-state index in [0.717, 1.165) is 11.3 Å². The number of aromatic nitrogens is 1. The van der Waals surface area contributed by atoms with Crippen molar-refractivity contribution in [1.82, 2.24) is 4.98 Å². The Morgan fingerprint density at radius 3 is 2.67 bits per heavy atom. The molecule has 0 amide bonds. The first-order valence-electron chi connectivity index (χ1n) is 3.97. The summed E-state index contributed by atoms with van der Waals surface area (Å²) in [6.45, 7) is 2.79. The quantitative estimate of drug-likeness (QED) is 0.814. The van der Waals surface area contributed by atoms with Gasteiger partial charge in [-0.15, -0.1) is 11.3 Å². The van der Waals surface area contributed by atoms with Gasteiger partial charge in [0.2, 0.25) is 9.50 Å². The standard InChI is InChI=1S/C9H6FNO2S2/c1-6(10)15(12,13)9-11-7-4-2-3-5-8(7)14-9/h2-5H,1H2. The van der Waals surface area contributed by atoms with Crippen LogP contribution in [0.2, 0.25) is 0 Å². The minimum absolute atomic E-state index is 0.254. The van der Waals surface area contributed by atoms with Gasteiger partial charge < -0.3 is 0 Å². The Kier molecular flexibility index (Phi) is 2.32. The fourth-order valence-corrected chi connectivity index (χ4v) is 3.15. The van der Waals surface area contributed by atoms with Crippen LogP contribution in [0.15, 0.2) is 40.3 Å². The number of hydrogen-bond acceptors (Lipinski definition) is 4. The molecule has 0 unspecified atom stereocenters. The van der Waals surface area contributed by atoms with Crippen LogP contribution >= 0.6 is 11.3 Å². The molecule has 2 rings (SSSR count). The second-order valence-corrected chi connectivity index (χ2v) is 5.93. The average molecular weight is 243 g/mol. The van der Waals surface area contributed by atoms with Crippen LogP contribution in [0.4, 0.5) is 4.39 Å². The van der Waals surface area contributed by atoms with Crippen LogP contribution in [0.5, 0.6) is 0 Å². The van der Waals surface area contributed by atoms with E-state index < -0.39 is 15.0 Å². The highest BCUT2D eigenvalue weighted by Crippen LogP contribution is 2.28. The lowest BCUT2D eigenvalue weighted by Crippen LogP contribution is -1.98. The summed E-state index contributed by atoms with van der Waals surface area (Å²) < 4.78 is 35.9. The fraction of sp³-hybridized carbons (Fsp3) is 0. The zero-order valence-corrected chi connectivity index (χ0v) is 9.11. The van der Waals surface area contributed by atoms with Crippen molar-refractivity contribution in [2.45, 2.75) is 4.34 Å². The van der Waals surface area contributed by atoms with Crippen molar-refractivity contribution in [3.8, 4) is 0 Å². The lowest BCUT2D eigenvalue weighted by molar-refractivity contribution is 0.578. The first-order chi connectivity index (χ1) is 7.01. The Labute approximate surface area is 89.8 Å². The van der Waals surface area contributed by atoms with Gasteiger partial charge in [-0.3, -0.25) is 0 Å². The Hall–Kier alpha value is -1.27. The van der Waals surface area contributed by atoms with Crippen LogP contribution in [-0.2, 0) is 9.84 Å². The van der Waals surface area contributed by atoms with E-state index in [1.807, 2.05) is 0 Å². The van der Waals surface area contributed by atoms with Crippen molar-refractivity contribution >= 4 is 31.4 Å². The summed E-state index contributed by atoms with van der Waals surface area (Å²) in [6, 6.07) is 6.91. The van der Waals surface area contributed by atoms with Gasteiger partial charge in [-0.25, -0.2) is 13.4 Å². The van der Waals surface area contributed by atoms with Gasteiger partial charge in [0.25, 0.3) is 9.84 Å². The summed E-state index contributed by atoms with van der Waals surface area (Å²) in [4.78, 5) is 3.84. The smallest absolute Gasteiger partial charge is 0.225 e. The third kappa shape index (κ3) is 1.66. The molecule has 0 aliphatic rings. The predicted octanol–water partition coefficient (Wildman–Crippen LogP) is 2.51. The number of halogens is 1. The molecule has 0 bridgehead atoms. The molecule has 3 nitrogen and oxygen atoms in total. The maximum absolute atomic E-state index is 12.7. The van der Waals surface area contributed by atoms with Gasteiger partial charge in [-0.2, -0.15) is 4.39 Å². The van der Waals surface area contributed by atoms with Crippen LogP contribution in [0.25, 0.3) is 10.2 Å². The molecule has 2 aromatic rings. The second-order valence-electron chi connectivity index (χ2n) is 2.81. The third-order valence-corrected chi connectivity index (χ3v) is 4.67. The van der Waals surface area contributed by atoms with E-state index in [-0.39, 0.29) is 4.34 Å². The summed E-state index contributed by atoms with van der Waals surface area (Å²) in [5.74, 6) is 0. The van der Waals surface area contributed by atoms with E-state index in [4.69, 9.17) is 0 Å². The molecular formula is C9H6FNO2S2. The molecule has 0 atom stereocenters. The monoisotopic (exact) mass is 243 g/mol. The molecule has 1 aromatic carbocycles.